The summed E-state index contributed by atoms with van der Waals surface area (Å²) in [5.41, 5.74) is 0.248. The standard InChI is InChI=1S/C12H16F3NO/c1-16(7-8-17-2)9-10-3-5-11(6-4-10)12(13,14)15/h3-6H,7-9H2,1-2H3. The van der Waals surface area contributed by atoms with Gasteiger partial charge in [0.2, 0.25) is 0 Å². The van der Waals surface area contributed by atoms with Gasteiger partial charge in [0, 0.05) is 20.2 Å². The molecule has 0 amide bonds. The van der Waals surface area contributed by atoms with Gasteiger partial charge in [0.1, 0.15) is 0 Å². The Bertz CT molecular complexity index is 335. The molecule has 0 aliphatic rings. The quantitative estimate of drug-likeness (QED) is 0.793. The number of rotatable bonds is 5. The Labute approximate surface area is 99.0 Å². The van der Waals surface area contributed by atoms with E-state index >= 15 is 0 Å². The third kappa shape index (κ3) is 4.75. The predicted molar refractivity (Wildman–Crippen MR) is 59.7 cm³/mol. The molecule has 0 aliphatic heterocycles. The summed E-state index contributed by atoms with van der Waals surface area (Å²) >= 11 is 0. The number of nitrogens with zero attached hydrogens (tertiary/aromatic N) is 1. The zero-order valence-corrected chi connectivity index (χ0v) is 9.92. The molecule has 0 heterocycles. The second-order valence-electron chi connectivity index (χ2n) is 3.93. The summed E-state index contributed by atoms with van der Waals surface area (Å²) in [5, 5.41) is 0. The summed E-state index contributed by atoms with van der Waals surface area (Å²) in [4.78, 5) is 1.99. The Kier molecular flexibility index (Phi) is 4.96. The van der Waals surface area contributed by atoms with Crippen molar-refractivity contribution in [2.24, 2.45) is 0 Å². The normalized spacial score (nSPS) is 12.1. The second-order valence-corrected chi connectivity index (χ2v) is 3.93. The van der Waals surface area contributed by atoms with Crippen LogP contribution in [0.1, 0.15) is 11.1 Å². The molecular weight excluding hydrogens is 231 g/mol. The first-order valence-electron chi connectivity index (χ1n) is 5.27. The minimum atomic E-state index is -4.26. The molecule has 5 heteroatoms. The molecule has 96 valence electrons. The van der Waals surface area contributed by atoms with Gasteiger partial charge in [-0.2, -0.15) is 13.2 Å². The average molecular weight is 247 g/mol. The van der Waals surface area contributed by atoms with Gasteiger partial charge in [-0.3, -0.25) is 4.90 Å². The lowest BCUT2D eigenvalue weighted by molar-refractivity contribution is -0.137. The molecule has 0 N–H and O–H groups in total. The largest absolute Gasteiger partial charge is 0.416 e. The van der Waals surface area contributed by atoms with E-state index in [9.17, 15) is 13.2 Å². The summed E-state index contributed by atoms with van der Waals surface area (Å²) < 4.78 is 41.9. The number of benzene rings is 1. The fourth-order valence-electron chi connectivity index (χ4n) is 1.44. The molecule has 0 saturated carbocycles. The maximum Gasteiger partial charge on any atom is 0.416 e. The number of hydrogen-bond donors (Lipinski definition) is 0. The number of methoxy groups -OCH3 is 1. The summed E-state index contributed by atoms with van der Waals surface area (Å²) in [7, 11) is 3.52. The first-order chi connectivity index (χ1) is 7.93. The number of likely N-dealkylation sites (N-methyl/N-ethyl adjacent to an activating group) is 1. The molecule has 17 heavy (non-hydrogen) atoms. The van der Waals surface area contributed by atoms with Crippen LogP contribution in [0.3, 0.4) is 0 Å². The average Bonchev–Trinajstić information content (AvgIpc) is 2.26. The Morgan fingerprint density at radius 2 is 1.76 bits per heavy atom. The maximum absolute atomic E-state index is 12.3. The van der Waals surface area contributed by atoms with Gasteiger partial charge in [0.25, 0.3) is 0 Å². The van der Waals surface area contributed by atoms with Crippen LogP contribution in [-0.4, -0.2) is 32.2 Å². The van der Waals surface area contributed by atoms with Crippen LogP contribution in [0, 0.1) is 0 Å². The molecule has 0 radical (unpaired) electrons. The SMILES string of the molecule is COCCN(C)Cc1ccc(C(F)(F)F)cc1. The molecule has 1 aromatic rings. The van der Waals surface area contributed by atoms with Gasteiger partial charge in [0.15, 0.2) is 0 Å². The van der Waals surface area contributed by atoms with Gasteiger partial charge >= 0.3 is 6.18 Å². The molecule has 0 bridgehead atoms. The lowest BCUT2D eigenvalue weighted by atomic mass is 10.1. The number of hydrogen-bond acceptors (Lipinski definition) is 2. The van der Waals surface area contributed by atoms with E-state index in [4.69, 9.17) is 4.74 Å². The van der Waals surface area contributed by atoms with Crippen LogP contribution in [0.2, 0.25) is 0 Å². The van der Waals surface area contributed by atoms with Crippen LogP contribution in [-0.2, 0) is 17.5 Å². The van der Waals surface area contributed by atoms with Gasteiger partial charge in [-0.15, -0.1) is 0 Å². The van der Waals surface area contributed by atoms with Crippen molar-refractivity contribution >= 4 is 0 Å². The van der Waals surface area contributed by atoms with Crippen molar-refractivity contribution in [3.63, 3.8) is 0 Å². The predicted octanol–water partition coefficient (Wildman–Crippen LogP) is 2.78. The second kappa shape index (κ2) is 6.02. The minimum absolute atomic E-state index is 0.608. The third-order valence-electron chi connectivity index (χ3n) is 2.41. The Morgan fingerprint density at radius 3 is 2.24 bits per heavy atom. The van der Waals surface area contributed by atoms with Gasteiger partial charge in [-0.1, -0.05) is 12.1 Å². The molecular formula is C12H16F3NO. The van der Waals surface area contributed by atoms with Crippen LogP contribution in [0.25, 0.3) is 0 Å². The highest BCUT2D eigenvalue weighted by Gasteiger charge is 2.29. The first-order valence-corrected chi connectivity index (χ1v) is 5.27. The van der Waals surface area contributed by atoms with E-state index in [0.717, 1.165) is 24.2 Å². The molecule has 1 rings (SSSR count). The van der Waals surface area contributed by atoms with Gasteiger partial charge in [0.05, 0.1) is 12.2 Å². The van der Waals surface area contributed by atoms with Gasteiger partial charge in [-0.25, -0.2) is 0 Å². The maximum atomic E-state index is 12.3. The van der Waals surface area contributed by atoms with Crippen LogP contribution in [0.5, 0.6) is 0 Å². The topological polar surface area (TPSA) is 12.5 Å². The van der Waals surface area contributed by atoms with Crippen molar-refractivity contribution in [1.29, 1.82) is 0 Å². The van der Waals surface area contributed by atoms with E-state index in [1.54, 1.807) is 7.11 Å². The molecule has 0 fully saturated rings. The van der Waals surface area contributed by atoms with Crippen molar-refractivity contribution in [2.45, 2.75) is 12.7 Å². The summed E-state index contributed by atoms with van der Waals surface area (Å²) in [6.07, 6.45) is -4.26. The molecule has 0 aliphatic carbocycles. The first kappa shape index (κ1) is 14.0. The molecule has 1 aromatic carbocycles. The fourth-order valence-corrected chi connectivity index (χ4v) is 1.44. The lowest BCUT2D eigenvalue weighted by Crippen LogP contribution is -2.22. The van der Waals surface area contributed by atoms with E-state index in [-0.39, 0.29) is 0 Å². The van der Waals surface area contributed by atoms with E-state index in [1.807, 2.05) is 11.9 Å². The van der Waals surface area contributed by atoms with Crippen molar-refractivity contribution < 1.29 is 17.9 Å². The summed E-state index contributed by atoms with van der Waals surface area (Å²) in [6.45, 7) is 1.97. The Balaban J connectivity index is 2.56. The van der Waals surface area contributed by atoms with E-state index in [0.29, 0.717) is 13.2 Å². The Hall–Kier alpha value is -1.07. The minimum Gasteiger partial charge on any atom is -0.383 e. The zero-order valence-electron chi connectivity index (χ0n) is 9.92. The number of ether oxygens (including phenoxy) is 1. The van der Waals surface area contributed by atoms with Crippen LogP contribution < -0.4 is 0 Å². The van der Waals surface area contributed by atoms with Crippen LogP contribution >= 0.6 is 0 Å². The smallest absolute Gasteiger partial charge is 0.383 e. The van der Waals surface area contributed by atoms with Crippen molar-refractivity contribution in [2.75, 3.05) is 27.3 Å². The zero-order chi connectivity index (χ0) is 12.9. The third-order valence-corrected chi connectivity index (χ3v) is 2.41. The van der Waals surface area contributed by atoms with Crippen molar-refractivity contribution in [1.82, 2.24) is 4.90 Å². The molecule has 0 saturated heterocycles. The Morgan fingerprint density at radius 1 is 1.18 bits per heavy atom. The lowest BCUT2D eigenvalue weighted by Gasteiger charge is -2.16. The van der Waals surface area contributed by atoms with Crippen LogP contribution in [0.15, 0.2) is 24.3 Å². The molecule has 0 atom stereocenters. The highest BCUT2D eigenvalue weighted by Crippen LogP contribution is 2.29. The van der Waals surface area contributed by atoms with Crippen molar-refractivity contribution in [3.8, 4) is 0 Å². The molecule has 2 nitrogen and oxygen atoms in total. The van der Waals surface area contributed by atoms with E-state index in [1.165, 1.54) is 12.1 Å². The van der Waals surface area contributed by atoms with Crippen LogP contribution in [0.4, 0.5) is 13.2 Å². The van der Waals surface area contributed by atoms with E-state index < -0.39 is 11.7 Å². The summed E-state index contributed by atoms with van der Waals surface area (Å²) in [6, 6.07) is 5.23. The summed E-state index contributed by atoms with van der Waals surface area (Å²) in [5.74, 6) is 0. The molecule has 0 unspecified atom stereocenters. The monoisotopic (exact) mass is 247 g/mol. The van der Waals surface area contributed by atoms with Crippen molar-refractivity contribution in [3.05, 3.63) is 35.4 Å². The molecule has 0 spiro atoms. The van der Waals surface area contributed by atoms with Gasteiger partial charge < -0.3 is 4.74 Å². The fraction of sp³-hybridized carbons (Fsp3) is 0.500. The van der Waals surface area contributed by atoms with Gasteiger partial charge in [-0.05, 0) is 24.7 Å². The number of alkyl halides is 3. The van der Waals surface area contributed by atoms with E-state index in [2.05, 4.69) is 0 Å². The molecule has 0 aromatic heterocycles. The highest BCUT2D eigenvalue weighted by atomic mass is 19.4. The number of halogens is 3. The highest BCUT2D eigenvalue weighted by molar-refractivity contribution is 5.24.